The highest BCUT2D eigenvalue weighted by molar-refractivity contribution is 7.89. The van der Waals surface area contributed by atoms with Crippen LogP contribution in [-0.2, 0) is 10.0 Å². The highest BCUT2D eigenvalue weighted by Crippen LogP contribution is 2.06. The van der Waals surface area contributed by atoms with E-state index in [9.17, 15) is 13.2 Å². The van der Waals surface area contributed by atoms with E-state index in [1.807, 2.05) is 0 Å². The van der Waals surface area contributed by atoms with Crippen molar-refractivity contribution in [2.75, 3.05) is 6.61 Å². The summed E-state index contributed by atoms with van der Waals surface area (Å²) in [5.74, 6) is 0. The summed E-state index contributed by atoms with van der Waals surface area (Å²) >= 11 is 0. The van der Waals surface area contributed by atoms with Crippen LogP contribution < -0.4 is 10.3 Å². The monoisotopic (exact) mass is 246 g/mol. The summed E-state index contributed by atoms with van der Waals surface area (Å²) in [5.41, 5.74) is -0.367. The number of nitrogens with one attached hydrogen (secondary N) is 2. The fourth-order valence-electron chi connectivity index (χ4n) is 1.10. The number of hydrogen-bond acceptors (Lipinski definition) is 4. The van der Waals surface area contributed by atoms with Crippen LogP contribution in [0.5, 0.6) is 0 Å². The minimum absolute atomic E-state index is 0.0287. The molecule has 0 saturated heterocycles. The van der Waals surface area contributed by atoms with Crippen molar-refractivity contribution in [1.29, 1.82) is 0 Å². The van der Waals surface area contributed by atoms with Crippen LogP contribution in [0.2, 0.25) is 0 Å². The van der Waals surface area contributed by atoms with Gasteiger partial charge in [-0.3, -0.25) is 4.79 Å². The molecule has 1 heterocycles. The molecule has 1 atom stereocenters. The molecule has 0 unspecified atom stereocenters. The summed E-state index contributed by atoms with van der Waals surface area (Å²) < 4.78 is 25.8. The molecular weight excluding hydrogens is 232 g/mol. The van der Waals surface area contributed by atoms with E-state index in [4.69, 9.17) is 5.11 Å². The van der Waals surface area contributed by atoms with Crippen LogP contribution >= 0.6 is 0 Å². The average Bonchev–Trinajstić information content (AvgIpc) is 2.26. The number of aliphatic hydroxyl groups is 1. The fourth-order valence-corrected chi connectivity index (χ4v) is 2.38. The Morgan fingerprint density at radius 1 is 1.50 bits per heavy atom. The molecular formula is C9H14N2O4S. The van der Waals surface area contributed by atoms with Crippen LogP contribution in [0.1, 0.15) is 13.3 Å². The van der Waals surface area contributed by atoms with Gasteiger partial charge in [-0.25, -0.2) is 13.1 Å². The maximum atomic E-state index is 11.7. The van der Waals surface area contributed by atoms with Gasteiger partial charge < -0.3 is 10.1 Å². The summed E-state index contributed by atoms with van der Waals surface area (Å²) in [6.45, 7) is 1.50. The average molecular weight is 246 g/mol. The van der Waals surface area contributed by atoms with E-state index >= 15 is 0 Å². The van der Waals surface area contributed by atoms with Gasteiger partial charge in [0, 0.05) is 18.3 Å². The van der Waals surface area contributed by atoms with E-state index in [0.717, 1.165) is 12.3 Å². The van der Waals surface area contributed by atoms with Crippen molar-refractivity contribution in [3.63, 3.8) is 0 Å². The first-order valence-electron chi connectivity index (χ1n) is 4.81. The zero-order valence-corrected chi connectivity index (χ0v) is 9.62. The molecule has 90 valence electrons. The molecule has 3 N–H and O–H groups in total. The Bertz CT molecular complexity index is 470. The predicted octanol–water partition coefficient (Wildman–Crippen LogP) is -0.576. The number of aromatic amines is 1. The SMILES string of the molecule is CC[C@@H](CO)NS(=O)(=O)c1ccc(=O)[nH]c1. The maximum absolute atomic E-state index is 11.7. The number of aliphatic hydroxyl groups excluding tert-OH is 1. The van der Waals surface area contributed by atoms with Gasteiger partial charge in [0.25, 0.3) is 0 Å². The Kier molecular flexibility index (Phi) is 4.22. The van der Waals surface area contributed by atoms with Gasteiger partial charge in [-0.05, 0) is 12.5 Å². The highest BCUT2D eigenvalue weighted by atomic mass is 32.2. The second-order valence-corrected chi connectivity index (χ2v) is 5.01. The van der Waals surface area contributed by atoms with E-state index in [1.54, 1.807) is 6.92 Å². The molecule has 1 aromatic heterocycles. The molecule has 0 fully saturated rings. The van der Waals surface area contributed by atoms with Crippen molar-refractivity contribution in [2.45, 2.75) is 24.3 Å². The van der Waals surface area contributed by atoms with Crippen molar-refractivity contribution in [3.8, 4) is 0 Å². The highest BCUT2D eigenvalue weighted by Gasteiger charge is 2.18. The lowest BCUT2D eigenvalue weighted by Gasteiger charge is -2.13. The van der Waals surface area contributed by atoms with Crippen LogP contribution in [0.25, 0.3) is 0 Å². The molecule has 7 heteroatoms. The zero-order chi connectivity index (χ0) is 12.2. The van der Waals surface area contributed by atoms with Crippen molar-refractivity contribution in [3.05, 3.63) is 28.7 Å². The number of hydrogen-bond donors (Lipinski definition) is 3. The first kappa shape index (κ1) is 12.9. The first-order chi connectivity index (χ1) is 7.49. The summed E-state index contributed by atoms with van der Waals surface area (Å²) in [4.78, 5) is 13.0. The van der Waals surface area contributed by atoms with Gasteiger partial charge in [0.15, 0.2) is 0 Å². The number of aromatic nitrogens is 1. The zero-order valence-electron chi connectivity index (χ0n) is 8.80. The van der Waals surface area contributed by atoms with Crippen molar-refractivity contribution >= 4 is 10.0 Å². The van der Waals surface area contributed by atoms with Crippen LogP contribution in [0, 0.1) is 0 Å². The smallest absolute Gasteiger partial charge is 0.247 e. The van der Waals surface area contributed by atoms with Crippen LogP contribution in [0.15, 0.2) is 28.0 Å². The van der Waals surface area contributed by atoms with Gasteiger partial charge in [0.1, 0.15) is 0 Å². The lowest BCUT2D eigenvalue weighted by atomic mass is 10.3. The number of pyridine rings is 1. The fraction of sp³-hybridized carbons (Fsp3) is 0.444. The van der Waals surface area contributed by atoms with Crippen molar-refractivity contribution in [2.24, 2.45) is 0 Å². The van der Waals surface area contributed by atoms with Gasteiger partial charge >= 0.3 is 0 Å². The molecule has 6 nitrogen and oxygen atoms in total. The van der Waals surface area contributed by atoms with Crippen molar-refractivity contribution in [1.82, 2.24) is 9.71 Å². The summed E-state index contributed by atoms with van der Waals surface area (Å²) in [7, 11) is -3.68. The van der Waals surface area contributed by atoms with Gasteiger partial charge in [-0.15, -0.1) is 0 Å². The molecule has 0 spiro atoms. The molecule has 0 aliphatic heterocycles. The quantitative estimate of drug-likeness (QED) is 0.647. The minimum atomic E-state index is -3.68. The molecule has 0 aromatic carbocycles. The second-order valence-electron chi connectivity index (χ2n) is 3.30. The van der Waals surface area contributed by atoms with Gasteiger partial charge in [0.05, 0.1) is 11.5 Å². The van der Waals surface area contributed by atoms with Gasteiger partial charge in [0.2, 0.25) is 15.6 Å². The Balaban J connectivity index is 2.94. The Labute approximate surface area is 93.4 Å². The van der Waals surface area contributed by atoms with Crippen molar-refractivity contribution < 1.29 is 13.5 Å². The number of H-pyrrole nitrogens is 1. The molecule has 0 aliphatic rings. The van der Waals surface area contributed by atoms with E-state index in [1.165, 1.54) is 6.07 Å². The maximum Gasteiger partial charge on any atom is 0.247 e. The molecule has 0 aliphatic carbocycles. The standard InChI is InChI=1S/C9H14N2O4S/c1-2-7(6-12)11-16(14,15)8-3-4-9(13)10-5-8/h3-5,7,11-12H,2,6H2,1H3,(H,10,13)/t7-/m0/s1. The molecule has 1 aromatic rings. The van der Waals surface area contributed by atoms with Gasteiger partial charge in [-0.2, -0.15) is 0 Å². The van der Waals surface area contributed by atoms with E-state index in [-0.39, 0.29) is 17.1 Å². The molecule has 1 rings (SSSR count). The van der Waals surface area contributed by atoms with Crippen LogP contribution in [-0.4, -0.2) is 31.2 Å². The largest absolute Gasteiger partial charge is 0.395 e. The molecule has 0 radical (unpaired) electrons. The van der Waals surface area contributed by atoms with E-state index < -0.39 is 16.1 Å². The summed E-state index contributed by atoms with van der Waals surface area (Å²) in [6.07, 6.45) is 1.61. The summed E-state index contributed by atoms with van der Waals surface area (Å²) in [5, 5.41) is 8.90. The van der Waals surface area contributed by atoms with Crippen LogP contribution in [0.4, 0.5) is 0 Å². The second kappa shape index (κ2) is 5.24. The number of rotatable bonds is 5. The molecule has 0 amide bonds. The Morgan fingerprint density at radius 2 is 2.19 bits per heavy atom. The Hall–Kier alpha value is -1.18. The third kappa shape index (κ3) is 3.16. The Morgan fingerprint density at radius 3 is 2.62 bits per heavy atom. The predicted molar refractivity (Wildman–Crippen MR) is 58.5 cm³/mol. The van der Waals surface area contributed by atoms with E-state index in [0.29, 0.717) is 6.42 Å². The normalized spacial score (nSPS) is 13.6. The minimum Gasteiger partial charge on any atom is -0.395 e. The summed E-state index contributed by atoms with van der Waals surface area (Å²) in [6, 6.07) is 1.83. The van der Waals surface area contributed by atoms with E-state index in [2.05, 4.69) is 9.71 Å². The first-order valence-corrected chi connectivity index (χ1v) is 6.30. The lowest BCUT2D eigenvalue weighted by molar-refractivity contribution is 0.254. The van der Waals surface area contributed by atoms with Gasteiger partial charge in [-0.1, -0.05) is 6.92 Å². The third-order valence-electron chi connectivity index (χ3n) is 2.10. The number of sulfonamides is 1. The lowest BCUT2D eigenvalue weighted by Crippen LogP contribution is -2.37. The molecule has 16 heavy (non-hydrogen) atoms. The molecule has 0 saturated carbocycles. The topological polar surface area (TPSA) is 99.3 Å². The third-order valence-corrected chi connectivity index (χ3v) is 3.62. The van der Waals surface area contributed by atoms with Crippen LogP contribution in [0.3, 0.4) is 0 Å². The molecule has 0 bridgehead atoms.